The molecule has 0 fully saturated rings. The van der Waals surface area contributed by atoms with Gasteiger partial charge in [-0.3, -0.25) is 10.1 Å². The molecule has 104 valence electrons. The topological polar surface area (TPSA) is 77.3 Å². The van der Waals surface area contributed by atoms with Crippen molar-refractivity contribution < 1.29 is 9.66 Å². The van der Waals surface area contributed by atoms with E-state index >= 15 is 0 Å². The number of hydrogen-bond acceptors (Lipinski definition) is 5. The number of nitrogens with zero attached hydrogens (tertiary/aromatic N) is 2. The second-order valence-corrected chi connectivity index (χ2v) is 5.07. The average molecular weight is 359 g/mol. The molecule has 1 aromatic heterocycles. The van der Waals surface area contributed by atoms with Crippen LogP contribution in [0, 0.1) is 10.1 Å². The molecular weight excluding hydrogens is 350 g/mol. The first-order valence-electron chi connectivity index (χ1n) is 5.42. The number of methoxy groups -OCH3 is 1. The molecule has 0 amide bonds. The van der Waals surface area contributed by atoms with E-state index in [0.29, 0.717) is 11.4 Å². The van der Waals surface area contributed by atoms with Crippen molar-refractivity contribution in [3.05, 3.63) is 50.1 Å². The Kier molecular flexibility index (Phi) is 4.41. The molecule has 2 rings (SSSR count). The zero-order valence-electron chi connectivity index (χ0n) is 10.3. The van der Waals surface area contributed by atoms with Gasteiger partial charge in [0.25, 0.3) is 0 Å². The predicted molar refractivity (Wildman–Crippen MR) is 79.9 cm³/mol. The summed E-state index contributed by atoms with van der Waals surface area (Å²) in [5.74, 6) is 0.675. The third-order valence-corrected chi connectivity index (χ3v) is 3.07. The Labute approximate surface area is 128 Å². The van der Waals surface area contributed by atoms with Crippen molar-refractivity contribution in [2.45, 2.75) is 0 Å². The minimum absolute atomic E-state index is 0.0719. The fraction of sp³-hybridized carbons (Fsp3) is 0.0833. The van der Waals surface area contributed by atoms with Crippen LogP contribution in [0.15, 0.2) is 34.8 Å². The molecule has 0 aliphatic rings. The van der Waals surface area contributed by atoms with Crippen LogP contribution in [0.2, 0.25) is 5.15 Å². The summed E-state index contributed by atoms with van der Waals surface area (Å²) in [7, 11) is 1.53. The number of benzene rings is 1. The van der Waals surface area contributed by atoms with Crippen molar-refractivity contribution in [2.24, 2.45) is 0 Å². The summed E-state index contributed by atoms with van der Waals surface area (Å²) in [6.45, 7) is 0. The lowest BCUT2D eigenvalue weighted by Gasteiger charge is -2.09. The lowest BCUT2D eigenvalue weighted by atomic mass is 10.3. The number of nitrogens with one attached hydrogen (secondary N) is 1. The summed E-state index contributed by atoms with van der Waals surface area (Å²) in [6, 6.07) is 7.87. The van der Waals surface area contributed by atoms with Gasteiger partial charge in [-0.1, -0.05) is 27.5 Å². The van der Waals surface area contributed by atoms with E-state index in [1.54, 1.807) is 18.2 Å². The molecule has 0 saturated carbocycles. The minimum Gasteiger partial charge on any atom is -0.497 e. The second-order valence-electron chi connectivity index (χ2n) is 3.76. The molecule has 20 heavy (non-hydrogen) atoms. The van der Waals surface area contributed by atoms with Gasteiger partial charge in [-0.25, -0.2) is 4.98 Å². The van der Waals surface area contributed by atoms with E-state index in [2.05, 4.69) is 26.2 Å². The van der Waals surface area contributed by atoms with Crippen LogP contribution >= 0.6 is 27.5 Å². The van der Waals surface area contributed by atoms with Gasteiger partial charge >= 0.3 is 5.69 Å². The van der Waals surface area contributed by atoms with Crippen LogP contribution in [-0.2, 0) is 0 Å². The summed E-state index contributed by atoms with van der Waals surface area (Å²) in [4.78, 5) is 14.4. The van der Waals surface area contributed by atoms with Crippen molar-refractivity contribution in [1.29, 1.82) is 0 Å². The Balaban J connectivity index is 2.41. The molecule has 8 heteroatoms. The molecule has 1 aromatic carbocycles. The van der Waals surface area contributed by atoms with E-state index in [9.17, 15) is 10.1 Å². The first kappa shape index (κ1) is 14.5. The Morgan fingerprint density at radius 2 is 2.15 bits per heavy atom. The van der Waals surface area contributed by atoms with Crippen LogP contribution in [0.25, 0.3) is 0 Å². The normalized spacial score (nSPS) is 10.2. The van der Waals surface area contributed by atoms with E-state index in [4.69, 9.17) is 16.3 Å². The number of hydrogen-bond donors (Lipinski definition) is 1. The number of rotatable bonds is 4. The van der Waals surface area contributed by atoms with Crippen molar-refractivity contribution in [2.75, 3.05) is 12.4 Å². The first-order valence-corrected chi connectivity index (χ1v) is 6.59. The molecular formula is C12H9BrClN3O3. The van der Waals surface area contributed by atoms with Crippen LogP contribution in [0.3, 0.4) is 0 Å². The lowest BCUT2D eigenvalue weighted by molar-refractivity contribution is -0.384. The smallest absolute Gasteiger partial charge is 0.311 e. The number of anilines is 2. The third kappa shape index (κ3) is 3.37. The second kappa shape index (κ2) is 6.06. The summed E-state index contributed by atoms with van der Waals surface area (Å²) in [5.41, 5.74) is 0.433. The molecule has 1 heterocycles. The fourth-order valence-electron chi connectivity index (χ4n) is 1.56. The highest BCUT2D eigenvalue weighted by Crippen LogP contribution is 2.30. The van der Waals surface area contributed by atoms with Gasteiger partial charge in [-0.2, -0.15) is 0 Å². The maximum absolute atomic E-state index is 11.0. The number of halogens is 2. The highest BCUT2D eigenvalue weighted by atomic mass is 79.9. The van der Waals surface area contributed by atoms with Gasteiger partial charge in [0.15, 0.2) is 0 Å². The van der Waals surface area contributed by atoms with Crippen LogP contribution in [0.1, 0.15) is 0 Å². The van der Waals surface area contributed by atoms with E-state index in [1.807, 2.05) is 0 Å². The summed E-state index contributed by atoms with van der Waals surface area (Å²) in [6.07, 6.45) is 0. The van der Waals surface area contributed by atoms with Gasteiger partial charge in [0.2, 0.25) is 5.82 Å². The van der Waals surface area contributed by atoms with Crippen molar-refractivity contribution in [3.8, 4) is 5.75 Å². The zero-order chi connectivity index (χ0) is 14.7. The highest BCUT2D eigenvalue weighted by Gasteiger charge is 2.16. The fourth-order valence-corrected chi connectivity index (χ4v) is 2.18. The molecule has 1 N–H and O–H groups in total. The van der Waals surface area contributed by atoms with Gasteiger partial charge in [-0.05, 0) is 18.2 Å². The van der Waals surface area contributed by atoms with Gasteiger partial charge in [-0.15, -0.1) is 0 Å². The van der Waals surface area contributed by atoms with Gasteiger partial charge in [0, 0.05) is 22.3 Å². The lowest BCUT2D eigenvalue weighted by Crippen LogP contribution is -2.00. The number of pyridine rings is 1. The minimum atomic E-state index is -0.527. The van der Waals surface area contributed by atoms with Crippen molar-refractivity contribution in [3.63, 3.8) is 0 Å². The van der Waals surface area contributed by atoms with E-state index < -0.39 is 4.92 Å². The summed E-state index contributed by atoms with van der Waals surface area (Å²) < 4.78 is 5.89. The standard InChI is InChI=1S/C12H9BrClN3O3/c1-20-9-5-7(13)4-8(6-9)15-12-10(17(18)19)2-3-11(14)16-12/h2-6H,1H3,(H,15,16). The third-order valence-electron chi connectivity index (χ3n) is 2.41. The molecule has 0 atom stereocenters. The Bertz CT molecular complexity index is 666. The maximum atomic E-state index is 11.0. The van der Waals surface area contributed by atoms with Crippen LogP contribution in [-0.4, -0.2) is 17.0 Å². The molecule has 0 radical (unpaired) electrons. The molecule has 0 spiro atoms. The maximum Gasteiger partial charge on any atom is 0.311 e. The molecule has 0 aliphatic heterocycles. The Morgan fingerprint density at radius 3 is 2.80 bits per heavy atom. The molecule has 0 aliphatic carbocycles. The van der Waals surface area contributed by atoms with Crippen molar-refractivity contribution in [1.82, 2.24) is 4.98 Å². The SMILES string of the molecule is COc1cc(Br)cc(Nc2nc(Cl)ccc2[N+](=O)[O-])c1. The summed E-state index contributed by atoms with van der Waals surface area (Å²) in [5, 5.41) is 14.0. The van der Waals surface area contributed by atoms with Gasteiger partial charge < -0.3 is 10.1 Å². The van der Waals surface area contributed by atoms with Crippen LogP contribution in [0.5, 0.6) is 5.75 Å². The summed E-state index contributed by atoms with van der Waals surface area (Å²) >= 11 is 9.10. The molecule has 0 unspecified atom stereocenters. The predicted octanol–water partition coefficient (Wildman–Crippen LogP) is 4.16. The van der Waals surface area contributed by atoms with E-state index in [-0.39, 0.29) is 16.7 Å². The number of nitro groups is 1. The van der Waals surface area contributed by atoms with Crippen LogP contribution in [0.4, 0.5) is 17.2 Å². The molecule has 6 nitrogen and oxygen atoms in total. The first-order chi connectivity index (χ1) is 9.49. The quantitative estimate of drug-likeness (QED) is 0.504. The van der Waals surface area contributed by atoms with E-state index in [1.165, 1.54) is 19.2 Å². The van der Waals surface area contributed by atoms with E-state index in [0.717, 1.165) is 4.47 Å². The Morgan fingerprint density at radius 1 is 1.40 bits per heavy atom. The van der Waals surface area contributed by atoms with Gasteiger partial charge in [0.1, 0.15) is 10.9 Å². The van der Waals surface area contributed by atoms with Crippen LogP contribution < -0.4 is 10.1 Å². The Hall–Kier alpha value is -1.86. The molecule has 0 bridgehead atoms. The highest BCUT2D eigenvalue weighted by molar-refractivity contribution is 9.10. The monoisotopic (exact) mass is 357 g/mol. The molecule has 2 aromatic rings. The number of aromatic nitrogens is 1. The number of ether oxygens (including phenoxy) is 1. The average Bonchev–Trinajstić information content (AvgIpc) is 2.37. The van der Waals surface area contributed by atoms with Crippen molar-refractivity contribution >= 4 is 44.7 Å². The molecule has 0 saturated heterocycles. The zero-order valence-corrected chi connectivity index (χ0v) is 12.6. The van der Waals surface area contributed by atoms with Gasteiger partial charge in [0.05, 0.1) is 12.0 Å². The largest absolute Gasteiger partial charge is 0.497 e.